The molecule has 0 aliphatic rings. The van der Waals surface area contributed by atoms with Crippen molar-refractivity contribution in [1.82, 2.24) is 4.98 Å². The first kappa shape index (κ1) is 16.8. The SMILES string of the molecule is CCOc1ccc(-c2nc(Nc3cccc(Cl)c3)sc2CC)cc1. The van der Waals surface area contributed by atoms with E-state index in [1.165, 1.54) is 4.88 Å². The molecule has 0 amide bonds. The quantitative estimate of drug-likeness (QED) is 0.572. The van der Waals surface area contributed by atoms with E-state index in [2.05, 4.69) is 24.4 Å². The number of ether oxygens (including phenoxy) is 1. The van der Waals surface area contributed by atoms with E-state index < -0.39 is 0 Å². The standard InChI is InChI=1S/C19H19ClN2OS/c1-3-17-18(13-8-10-16(11-9-13)23-4-2)22-19(24-17)21-15-7-5-6-14(20)12-15/h5-12H,3-4H2,1-2H3,(H,21,22). The lowest BCUT2D eigenvalue weighted by molar-refractivity contribution is 0.340. The van der Waals surface area contributed by atoms with Crippen molar-refractivity contribution >= 4 is 33.8 Å². The second kappa shape index (κ2) is 7.69. The molecule has 0 spiro atoms. The van der Waals surface area contributed by atoms with E-state index in [1.807, 2.05) is 43.3 Å². The zero-order valence-electron chi connectivity index (χ0n) is 13.7. The molecule has 0 bridgehead atoms. The van der Waals surface area contributed by atoms with Crippen molar-refractivity contribution in [1.29, 1.82) is 0 Å². The first-order valence-corrected chi connectivity index (χ1v) is 9.14. The summed E-state index contributed by atoms with van der Waals surface area (Å²) in [7, 11) is 0. The molecule has 0 aliphatic heterocycles. The molecule has 5 heteroatoms. The molecule has 124 valence electrons. The Morgan fingerprint density at radius 3 is 2.58 bits per heavy atom. The third kappa shape index (κ3) is 3.89. The minimum Gasteiger partial charge on any atom is -0.494 e. The van der Waals surface area contributed by atoms with Gasteiger partial charge in [-0.15, -0.1) is 11.3 Å². The summed E-state index contributed by atoms with van der Waals surface area (Å²) in [5.74, 6) is 0.881. The third-order valence-corrected chi connectivity index (χ3v) is 4.88. The molecular formula is C19H19ClN2OS. The van der Waals surface area contributed by atoms with E-state index in [0.29, 0.717) is 11.6 Å². The summed E-state index contributed by atoms with van der Waals surface area (Å²) in [5, 5.41) is 4.92. The molecule has 0 radical (unpaired) electrons. The number of aryl methyl sites for hydroxylation is 1. The fourth-order valence-electron chi connectivity index (χ4n) is 2.44. The molecule has 0 atom stereocenters. The molecule has 1 heterocycles. The number of halogens is 1. The number of anilines is 2. The maximum atomic E-state index is 6.04. The van der Waals surface area contributed by atoms with Crippen molar-refractivity contribution < 1.29 is 4.74 Å². The second-order valence-electron chi connectivity index (χ2n) is 5.24. The van der Waals surface area contributed by atoms with Gasteiger partial charge >= 0.3 is 0 Å². The molecule has 0 saturated heterocycles. The Morgan fingerprint density at radius 1 is 1.12 bits per heavy atom. The van der Waals surface area contributed by atoms with Gasteiger partial charge in [-0.3, -0.25) is 0 Å². The predicted molar refractivity (Wildman–Crippen MR) is 103 cm³/mol. The highest BCUT2D eigenvalue weighted by atomic mass is 35.5. The number of nitrogens with one attached hydrogen (secondary N) is 1. The van der Waals surface area contributed by atoms with Crippen molar-refractivity contribution in [3.8, 4) is 17.0 Å². The summed E-state index contributed by atoms with van der Waals surface area (Å²) >= 11 is 7.72. The summed E-state index contributed by atoms with van der Waals surface area (Å²) in [5.41, 5.74) is 3.07. The lowest BCUT2D eigenvalue weighted by Crippen LogP contribution is -1.91. The van der Waals surface area contributed by atoms with Gasteiger partial charge in [0, 0.05) is 21.2 Å². The molecule has 24 heavy (non-hydrogen) atoms. The molecule has 1 aromatic heterocycles. The van der Waals surface area contributed by atoms with Crippen LogP contribution in [0, 0.1) is 0 Å². The summed E-state index contributed by atoms with van der Waals surface area (Å²) in [4.78, 5) is 6.03. The van der Waals surface area contributed by atoms with Gasteiger partial charge in [0.05, 0.1) is 12.3 Å². The van der Waals surface area contributed by atoms with Crippen LogP contribution in [-0.4, -0.2) is 11.6 Å². The first-order valence-electron chi connectivity index (χ1n) is 7.95. The number of aromatic nitrogens is 1. The molecule has 0 unspecified atom stereocenters. The van der Waals surface area contributed by atoms with Gasteiger partial charge in [0.1, 0.15) is 5.75 Å². The van der Waals surface area contributed by atoms with Gasteiger partial charge in [0.15, 0.2) is 5.13 Å². The number of benzene rings is 2. The van der Waals surface area contributed by atoms with Gasteiger partial charge in [0.25, 0.3) is 0 Å². The van der Waals surface area contributed by atoms with Gasteiger partial charge in [-0.25, -0.2) is 4.98 Å². The monoisotopic (exact) mass is 358 g/mol. The van der Waals surface area contributed by atoms with E-state index in [0.717, 1.165) is 34.2 Å². The Bertz CT molecular complexity index is 814. The van der Waals surface area contributed by atoms with Crippen molar-refractivity contribution in [2.45, 2.75) is 20.3 Å². The fraction of sp³-hybridized carbons (Fsp3) is 0.211. The number of rotatable bonds is 6. The molecule has 2 aromatic carbocycles. The van der Waals surface area contributed by atoms with Crippen molar-refractivity contribution in [3.63, 3.8) is 0 Å². The lowest BCUT2D eigenvalue weighted by atomic mass is 10.1. The van der Waals surface area contributed by atoms with Crippen LogP contribution in [0.3, 0.4) is 0 Å². The zero-order valence-corrected chi connectivity index (χ0v) is 15.2. The number of nitrogens with zero attached hydrogens (tertiary/aromatic N) is 1. The van der Waals surface area contributed by atoms with Crippen LogP contribution in [0.25, 0.3) is 11.3 Å². The van der Waals surface area contributed by atoms with Crippen molar-refractivity contribution in [2.75, 3.05) is 11.9 Å². The summed E-state index contributed by atoms with van der Waals surface area (Å²) in [6.45, 7) is 4.80. The number of thiazole rings is 1. The minimum absolute atomic E-state index is 0.671. The van der Waals surface area contributed by atoms with Gasteiger partial charge in [-0.2, -0.15) is 0 Å². The minimum atomic E-state index is 0.671. The topological polar surface area (TPSA) is 34.1 Å². The van der Waals surface area contributed by atoms with Crippen LogP contribution in [0.5, 0.6) is 5.75 Å². The van der Waals surface area contributed by atoms with Crippen LogP contribution < -0.4 is 10.1 Å². The Kier molecular flexibility index (Phi) is 5.38. The molecule has 0 fully saturated rings. The van der Waals surface area contributed by atoms with Crippen LogP contribution in [0.15, 0.2) is 48.5 Å². The third-order valence-electron chi connectivity index (χ3n) is 3.53. The Hall–Kier alpha value is -2.04. The highest BCUT2D eigenvalue weighted by Crippen LogP contribution is 2.34. The van der Waals surface area contributed by atoms with Crippen molar-refractivity contribution in [3.05, 3.63) is 58.4 Å². The fourth-order valence-corrected chi connectivity index (χ4v) is 3.57. The largest absolute Gasteiger partial charge is 0.494 e. The van der Waals surface area contributed by atoms with Gasteiger partial charge < -0.3 is 10.1 Å². The van der Waals surface area contributed by atoms with Gasteiger partial charge in [0.2, 0.25) is 0 Å². The average Bonchev–Trinajstić information content (AvgIpc) is 2.99. The Labute approximate surface area is 151 Å². The van der Waals surface area contributed by atoms with Crippen LogP contribution in [0.4, 0.5) is 10.8 Å². The Balaban J connectivity index is 1.87. The summed E-state index contributed by atoms with van der Waals surface area (Å²) in [6, 6.07) is 15.7. The van der Waals surface area contributed by atoms with E-state index in [9.17, 15) is 0 Å². The van der Waals surface area contributed by atoms with E-state index in [-0.39, 0.29) is 0 Å². The Morgan fingerprint density at radius 2 is 1.92 bits per heavy atom. The van der Waals surface area contributed by atoms with Gasteiger partial charge in [-0.05, 0) is 55.8 Å². The van der Waals surface area contributed by atoms with E-state index in [1.54, 1.807) is 11.3 Å². The highest BCUT2D eigenvalue weighted by Gasteiger charge is 2.12. The maximum absolute atomic E-state index is 6.04. The molecule has 3 nitrogen and oxygen atoms in total. The lowest BCUT2D eigenvalue weighted by Gasteiger charge is -2.04. The van der Waals surface area contributed by atoms with E-state index >= 15 is 0 Å². The summed E-state index contributed by atoms with van der Waals surface area (Å²) < 4.78 is 5.51. The predicted octanol–water partition coefficient (Wildman–Crippen LogP) is 6.17. The average molecular weight is 359 g/mol. The van der Waals surface area contributed by atoms with E-state index in [4.69, 9.17) is 21.3 Å². The van der Waals surface area contributed by atoms with Crippen molar-refractivity contribution in [2.24, 2.45) is 0 Å². The summed E-state index contributed by atoms with van der Waals surface area (Å²) in [6.07, 6.45) is 0.942. The number of hydrogen-bond acceptors (Lipinski definition) is 4. The molecule has 3 aromatic rings. The molecule has 0 aliphatic carbocycles. The van der Waals surface area contributed by atoms with Crippen LogP contribution in [0.2, 0.25) is 5.02 Å². The molecular weight excluding hydrogens is 340 g/mol. The molecule has 1 N–H and O–H groups in total. The van der Waals surface area contributed by atoms with Crippen LogP contribution in [0.1, 0.15) is 18.7 Å². The maximum Gasteiger partial charge on any atom is 0.187 e. The molecule has 0 saturated carbocycles. The van der Waals surface area contributed by atoms with Gasteiger partial charge in [-0.1, -0.05) is 24.6 Å². The second-order valence-corrected chi connectivity index (χ2v) is 6.76. The molecule has 3 rings (SSSR count). The first-order chi connectivity index (χ1) is 11.7. The zero-order chi connectivity index (χ0) is 16.9. The number of hydrogen-bond donors (Lipinski definition) is 1. The smallest absolute Gasteiger partial charge is 0.187 e. The van der Waals surface area contributed by atoms with Crippen LogP contribution >= 0.6 is 22.9 Å². The van der Waals surface area contributed by atoms with Crippen LogP contribution in [-0.2, 0) is 6.42 Å². The highest BCUT2D eigenvalue weighted by molar-refractivity contribution is 7.16. The normalized spacial score (nSPS) is 10.6.